The fourth-order valence-corrected chi connectivity index (χ4v) is 5.30. The van der Waals surface area contributed by atoms with Crippen molar-refractivity contribution in [2.24, 2.45) is 0 Å². The van der Waals surface area contributed by atoms with Crippen LogP contribution in [0.25, 0.3) is 27.0 Å². The Labute approximate surface area is 188 Å². The average molecular weight is 451 g/mol. The predicted molar refractivity (Wildman–Crippen MR) is 127 cm³/mol. The molecule has 2 aromatic heterocycles. The maximum Gasteiger partial charge on any atom is 0.316 e. The van der Waals surface area contributed by atoms with Crippen molar-refractivity contribution < 1.29 is 9.53 Å². The number of rotatable bonds is 6. The molecule has 0 N–H and O–H groups in total. The van der Waals surface area contributed by atoms with Crippen molar-refractivity contribution in [3.63, 3.8) is 0 Å². The molecule has 0 radical (unpaired) electrons. The second-order valence-electron chi connectivity index (χ2n) is 7.28. The molecule has 5 nitrogen and oxygen atoms in total. The monoisotopic (exact) mass is 450 g/mol. The van der Waals surface area contributed by atoms with E-state index in [4.69, 9.17) is 9.72 Å². The number of hydrogen-bond donors (Lipinski definition) is 0. The Bertz CT molecular complexity index is 1280. The van der Waals surface area contributed by atoms with Crippen LogP contribution >= 0.6 is 23.1 Å². The van der Waals surface area contributed by atoms with Crippen LogP contribution in [0.15, 0.2) is 70.6 Å². The van der Waals surface area contributed by atoms with E-state index in [9.17, 15) is 9.59 Å². The zero-order valence-electron chi connectivity index (χ0n) is 17.5. The molecule has 0 aliphatic carbocycles. The first kappa shape index (κ1) is 21.3. The fourth-order valence-electron chi connectivity index (χ4n) is 3.42. The molecule has 0 amide bonds. The molecule has 4 aromatic rings. The number of carbonyl (C=O) groups is 1. The van der Waals surface area contributed by atoms with Gasteiger partial charge in [0.2, 0.25) is 0 Å². The highest BCUT2D eigenvalue weighted by molar-refractivity contribution is 7.99. The third-order valence-electron chi connectivity index (χ3n) is 4.63. The number of aromatic nitrogens is 2. The van der Waals surface area contributed by atoms with E-state index in [2.05, 4.69) is 0 Å². The van der Waals surface area contributed by atoms with Gasteiger partial charge in [-0.1, -0.05) is 60.3 Å². The van der Waals surface area contributed by atoms with Gasteiger partial charge < -0.3 is 4.74 Å². The highest BCUT2D eigenvalue weighted by atomic mass is 32.2. The lowest BCUT2D eigenvalue weighted by Gasteiger charge is -2.13. The van der Waals surface area contributed by atoms with Gasteiger partial charge in [-0.2, -0.15) is 0 Å². The molecule has 0 bridgehead atoms. The number of nitrogens with zero attached hydrogens (tertiary/aromatic N) is 2. The number of fused-ring (bicyclic) bond motifs is 1. The first-order valence-corrected chi connectivity index (χ1v) is 11.7. The predicted octanol–water partition coefficient (Wildman–Crippen LogP) is 5.47. The summed E-state index contributed by atoms with van der Waals surface area (Å²) in [5.41, 5.74) is 2.48. The number of ether oxygens (including phenoxy) is 1. The number of para-hydroxylation sites is 1. The number of thiophene rings is 1. The Morgan fingerprint density at radius 3 is 2.39 bits per heavy atom. The summed E-state index contributed by atoms with van der Waals surface area (Å²) in [6.07, 6.45) is -0.187. The molecule has 7 heteroatoms. The molecular formula is C24H22N2O3S2. The number of benzene rings is 2. The molecule has 2 aromatic carbocycles. The minimum absolute atomic E-state index is 0.0822. The van der Waals surface area contributed by atoms with Crippen molar-refractivity contribution in [2.75, 3.05) is 5.75 Å². The van der Waals surface area contributed by atoms with Crippen LogP contribution in [-0.4, -0.2) is 27.4 Å². The lowest BCUT2D eigenvalue weighted by Crippen LogP contribution is -2.22. The third kappa shape index (κ3) is 4.43. The summed E-state index contributed by atoms with van der Waals surface area (Å²) in [7, 11) is 0. The number of aryl methyl sites for hydroxylation is 1. The summed E-state index contributed by atoms with van der Waals surface area (Å²) in [5.74, 6) is -0.250. The van der Waals surface area contributed by atoms with E-state index < -0.39 is 0 Å². The van der Waals surface area contributed by atoms with Gasteiger partial charge in [0.1, 0.15) is 4.83 Å². The number of hydrogen-bond acceptors (Lipinski definition) is 6. The molecule has 0 fully saturated rings. The van der Waals surface area contributed by atoms with Crippen molar-refractivity contribution in [2.45, 2.75) is 32.0 Å². The van der Waals surface area contributed by atoms with Crippen molar-refractivity contribution in [1.82, 2.24) is 9.55 Å². The first-order chi connectivity index (χ1) is 15.0. The molecular weight excluding hydrogens is 428 g/mol. The minimum atomic E-state index is -0.332. The van der Waals surface area contributed by atoms with Gasteiger partial charge in [0.15, 0.2) is 5.16 Å². The van der Waals surface area contributed by atoms with Gasteiger partial charge in [-0.3, -0.25) is 14.2 Å². The lowest BCUT2D eigenvalue weighted by atomic mass is 10.0. The van der Waals surface area contributed by atoms with Crippen LogP contribution in [0.2, 0.25) is 0 Å². The number of carbonyl (C=O) groups excluding carboxylic acids is 1. The summed E-state index contributed by atoms with van der Waals surface area (Å²) >= 11 is 2.71. The average Bonchev–Trinajstić information content (AvgIpc) is 3.09. The topological polar surface area (TPSA) is 61.2 Å². The number of esters is 1. The summed E-state index contributed by atoms with van der Waals surface area (Å²) in [4.78, 5) is 32.4. The molecule has 4 rings (SSSR count). The highest BCUT2D eigenvalue weighted by Gasteiger charge is 2.21. The van der Waals surface area contributed by atoms with E-state index >= 15 is 0 Å². The van der Waals surface area contributed by atoms with Gasteiger partial charge in [0, 0.05) is 10.4 Å². The molecule has 158 valence electrons. The van der Waals surface area contributed by atoms with Crippen molar-refractivity contribution in [3.05, 3.63) is 75.9 Å². The van der Waals surface area contributed by atoms with Gasteiger partial charge in [0.25, 0.3) is 5.56 Å². The Morgan fingerprint density at radius 1 is 1.10 bits per heavy atom. The second kappa shape index (κ2) is 9.08. The van der Waals surface area contributed by atoms with Crippen molar-refractivity contribution in [3.8, 4) is 16.8 Å². The molecule has 0 spiro atoms. The second-order valence-corrected chi connectivity index (χ2v) is 9.42. The molecule has 2 heterocycles. The zero-order chi connectivity index (χ0) is 22.0. The van der Waals surface area contributed by atoms with Crippen LogP contribution in [0.5, 0.6) is 0 Å². The van der Waals surface area contributed by atoms with Crippen LogP contribution < -0.4 is 5.56 Å². The van der Waals surface area contributed by atoms with Crippen LogP contribution in [0.4, 0.5) is 0 Å². The molecule has 0 aliphatic heterocycles. The van der Waals surface area contributed by atoms with Crippen LogP contribution in [0, 0.1) is 6.92 Å². The third-order valence-corrected chi connectivity index (χ3v) is 6.55. The Morgan fingerprint density at radius 2 is 1.74 bits per heavy atom. The van der Waals surface area contributed by atoms with Crippen LogP contribution in [0.3, 0.4) is 0 Å². The largest absolute Gasteiger partial charge is 0.462 e. The summed E-state index contributed by atoms with van der Waals surface area (Å²) in [6.45, 7) is 5.63. The summed E-state index contributed by atoms with van der Waals surface area (Å²) < 4.78 is 6.84. The minimum Gasteiger partial charge on any atom is -0.462 e. The van der Waals surface area contributed by atoms with Gasteiger partial charge >= 0.3 is 5.97 Å². The van der Waals surface area contributed by atoms with Gasteiger partial charge in [-0.15, -0.1) is 11.3 Å². The highest BCUT2D eigenvalue weighted by Crippen LogP contribution is 2.36. The molecule has 0 saturated carbocycles. The molecule has 0 saturated heterocycles. The van der Waals surface area contributed by atoms with E-state index in [0.29, 0.717) is 21.1 Å². The Balaban J connectivity index is 1.90. The standard InChI is InChI=1S/C24H22N2O3S2/c1-15(2)29-19(27)14-30-24-25-22-21(23(28)26(24)18-12-8-5-9-13-18)20(16(3)31-22)17-10-6-4-7-11-17/h4-13,15H,14H2,1-3H3. The zero-order valence-corrected chi connectivity index (χ0v) is 19.1. The van der Waals surface area contributed by atoms with E-state index in [1.165, 1.54) is 23.1 Å². The van der Waals surface area contributed by atoms with Crippen molar-refractivity contribution >= 4 is 39.3 Å². The van der Waals surface area contributed by atoms with Crippen molar-refractivity contribution in [1.29, 1.82) is 0 Å². The van der Waals surface area contributed by atoms with E-state index in [0.717, 1.165) is 16.0 Å². The SMILES string of the molecule is Cc1sc2nc(SCC(=O)OC(C)C)n(-c3ccccc3)c(=O)c2c1-c1ccccc1. The first-order valence-electron chi connectivity index (χ1n) is 9.95. The lowest BCUT2D eigenvalue weighted by molar-refractivity contribution is -0.144. The van der Waals surface area contributed by atoms with Gasteiger partial charge in [0.05, 0.1) is 22.9 Å². The molecule has 0 unspecified atom stereocenters. The quantitative estimate of drug-likeness (QED) is 0.222. The van der Waals surface area contributed by atoms with Crippen LogP contribution in [0.1, 0.15) is 18.7 Å². The maximum atomic E-state index is 13.8. The summed E-state index contributed by atoms with van der Waals surface area (Å²) in [6, 6.07) is 19.3. The normalized spacial score (nSPS) is 11.2. The summed E-state index contributed by atoms with van der Waals surface area (Å²) in [5, 5.41) is 1.08. The van der Waals surface area contributed by atoms with E-state index in [-0.39, 0.29) is 23.4 Å². The molecule has 0 atom stereocenters. The smallest absolute Gasteiger partial charge is 0.316 e. The van der Waals surface area contributed by atoms with E-state index in [1.807, 2.05) is 81.4 Å². The van der Waals surface area contributed by atoms with Gasteiger partial charge in [-0.25, -0.2) is 4.98 Å². The number of thioether (sulfide) groups is 1. The maximum absolute atomic E-state index is 13.8. The Kier molecular flexibility index (Phi) is 6.25. The van der Waals surface area contributed by atoms with E-state index in [1.54, 1.807) is 4.57 Å². The fraction of sp³-hybridized carbons (Fsp3) is 0.208. The van der Waals surface area contributed by atoms with Crippen LogP contribution in [-0.2, 0) is 9.53 Å². The Hall–Kier alpha value is -2.90. The van der Waals surface area contributed by atoms with Gasteiger partial charge in [-0.05, 0) is 38.5 Å². The molecule has 0 aliphatic rings. The molecule has 31 heavy (non-hydrogen) atoms.